The van der Waals surface area contributed by atoms with Crippen LogP contribution in [0.5, 0.6) is 0 Å². The van der Waals surface area contributed by atoms with Gasteiger partial charge >= 0.3 is 0 Å². The van der Waals surface area contributed by atoms with Gasteiger partial charge in [-0.1, -0.05) is 0 Å². The summed E-state index contributed by atoms with van der Waals surface area (Å²) in [6.45, 7) is 7.53. The van der Waals surface area contributed by atoms with Crippen molar-refractivity contribution in [2.45, 2.75) is 20.8 Å². The van der Waals surface area contributed by atoms with Crippen LogP contribution in [0.1, 0.15) is 20.8 Å². The summed E-state index contributed by atoms with van der Waals surface area (Å²) in [4.78, 5) is 22.9. The summed E-state index contributed by atoms with van der Waals surface area (Å²) in [7, 11) is 0. The predicted molar refractivity (Wildman–Crippen MR) is 83.2 cm³/mol. The van der Waals surface area contributed by atoms with Gasteiger partial charge in [0.15, 0.2) is 0 Å². The lowest BCUT2D eigenvalue weighted by Crippen LogP contribution is -2.22. The molecule has 20 heavy (non-hydrogen) atoms. The third-order valence-electron chi connectivity index (χ3n) is 2.90. The van der Waals surface area contributed by atoms with Crippen molar-refractivity contribution in [2.24, 2.45) is 0 Å². The molecule has 5 nitrogen and oxygen atoms in total. The fraction of sp³-hybridized carbons (Fsp3) is 0.357. The average Bonchev–Trinajstić information content (AvgIpc) is 2.88. The van der Waals surface area contributed by atoms with Crippen LogP contribution in [0.25, 0.3) is 10.6 Å². The van der Waals surface area contributed by atoms with Crippen molar-refractivity contribution < 1.29 is 4.79 Å². The number of carbonyl (C=O) groups excluding carboxylic acids is 1. The van der Waals surface area contributed by atoms with Gasteiger partial charge in [0.2, 0.25) is 5.91 Å². The van der Waals surface area contributed by atoms with E-state index in [0.717, 1.165) is 34.5 Å². The van der Waals surface area contributed by atoms with Gasteiger partial charge in [0, 0.05) is 26.1 Å². The van der Waals surface area contributed by atoms with Crippen LogP contribution in [0, 0.1) is 0 Å². The van der Waals surface area contributed by atoms with Crippen LogP contribution in [-0.2, 0) is 4.79 Å². The fourth-order valence-electron chi connectivity index (χ4n) is 1.92. The smallest absolute Gasteiger partial charge is 0.221 e. The Balaban J connectivity index is 2.26. The van der Waals surface area contributed by atoms with Gasteiger partial charge in [0.1, 0.15) is 12.1 Å². The van der Waals surface area contributed by atoms with Gasteiger partial charge < -0.3 is 10.2 Å². The molecular weight excluding hydrogens is 272 g/mol. The lowest BCUT2D eigenvalue weighted by Gasteiger charge is -2.19. The van der Waals surface area contributed by atoms with E-state index in [-0.39, 0.29) is 5.91 Å². The Morgan fingerprint density at radius 2 is 2.05 bits per heavy atom. The van der Waals surface area contributed by atoms with Gasteiger partial charge in [-0.3, -0.25) is 4.79 Å². The van der Waals surface area contributed by atoms with E-state index in [1.807, 2.05) is 18.2 Å². The number of carbonyl (C=O) groups is 1. The number of thiophene rings is 1. The summed E-state index contributed by atoms with van der Waals surface area (Å²) in [6.07, 6.45) is 1.58. The molecule has 2 heterocycles. The summed E-state index contributed by atoms with van der Waals surface area (Å²) in [5, 5.41) is 3.61. The molecule has 2 aromatic rings. The molecule has 0 spiro atoms. The second-order valence-corrected chi connectivity index (χ2v) is 5.36. The highest BCUT2D eigenvalue weighted by atomic mass is 32.1. The van der Waals surface area contributed by atoms with Crippen molar-refractivity contribution in [1.29, 1.82) is 0 Å². The first-order valence-corrected chi connectivity index (χ1v) is 7.40. The highest BCUT2D eigenvalue weighted by Crippen LogP contribution is 2.31. The Hall–Kier alpha value is -1.95. The molecule has 0 aliphatic carbocycles. The zero-order valence-corrected chi connectivity index (χ0v) is 12.7. The molecule has 2 aromatic heterocycles. The Kier molecular flexibility index (Phi) is 4.68. The lowest BCUT2D eigenvalue weighted by molar-refractivity contribution is -0.114. The number of amides is 1. The van der Waals surface area contributed by atoms with Crippen LogP contribution in [0.3, 0.4) is 0 Å². The van der Waals surface area contributed by atoms with Crippen molar-refractivity contribution in [3.05, 3.63) is 24.5 Å². The van der Waals surface area contributed by atoms with Crippen molar-refractivity contribution in [3.8, 4) is 10.6 Å². The zero-order valence-electron chi connectivity index (χ0n) is 11.9. The number of rotatable bonds is 5. The summed E-state index contributed by atoms with van der Waals surface area (Å²) >= 11 is 1.51. The van der Waals surface area contributed by atoms with Crippen molar-refractivity contribution in [1.82, 2.24) is 9.97 Å². The van der Waals surface area contributed by atoms with E-state index >= 15 is 0 Å². The molecule has 0 bridgehead atoms. The second-order valence-electron chi connectivity index (χ2n) is 4.28. The highest BCUT2D eigenvalue weighted by Gasteiger charge is 2.09. The topological polar surface area (TPSA) is 58.1 Å². The van der Waals surface area contributed by atoms with Crippen LogP contribution >= 0.6 is 11.3 Å². The second kappa shape index (κ2) is 6.47. The molecule has 0 fully saturated rings. The van der Waals surface area contributed by atoms with E-state index in [1.54, 1.807) is 6.33 Å². The Bertz CT molecular complexity index is 592. The van der Waals surface area contributed by atoms with Gasteiger partial charge in [0.05, 0.1) is 15.6 Å². The normalized spacial score (nSPS) is 10.3. The maximum atomic E-state index is 11.0. The minimum absolute atomic E-state index is 0.0649. The van der Waals surface area contributed by atoms with Crippen LogP contribution in [0.15, 0.2) is 24.5 Å². The molecular formula is C14H18N4OS. The molecule has 0 radical (unpaired) electrons. The van der Waals surface area contributed by atoms with Crippen LogP contribution < -0.4 is 10.2 Å². The average molecular weight is 290 g/mol. The first-order chi connectivity index (χ1) is 9.63. The molecule has 1 N–H and O–H groups in total. The SMILES string of the molecule is CCN(CC)c1cc(-c2ccc(NC(C)=O)s2)ncn1. The Labute approximate surface area is 122 Å². The number of anilines is 2. The maximum absolute atomic E-state index is 11.0. The molecule has 0 saturated carbocycles. The van der Waals surface area contributed by atoms with Gasteiger partial charge in [-0.25, -0.2) is 9.97 Å². The van der Waals surface area contributed by atoms with Crippen LogP contribution in [0.2, 0.25) is 0 Å². The van der Waals surface area contributed by atoms with Crippen molar-refractivity contribution in [3.63, 3.8) is 0 Å². The molecule has 6 heteroatoms. The molecule has 2 rings (SSSR count). The van der Waals surface area contributed by atoms with E-state index in [2.05, 4.69) is 34.0 Å². The summed E-state index contributed by atoms with van der Waals surface area (Å²) in [5.41, 5.74) is 0.878. The van der Waals surface area contributed by atoms with Crippen LogP contribution in [0.4, 0.5) is 10.8 Å². The van der Waals surface area contributed by atoms with Gasteiger partial charge in [-0.05, 0) is 26.0 Å². The third kappa shape index (κ3) is 3.33. The fourth-order valence-corrected chi connectivity index (χ4v) is 2.84. The standard InChI is InChI=1S/C14H18N4OS/c1-4-18(5-2)13-8-11(15-9-16-13)12-6-7-14(20-12)17-10(3)19/h6-9H,4-5H2,1-3H3,(H,17,19). The molecule has 0 aromatic carbocycles. The third-order valence-corrected chi connectivity index (χ3v) is 3.92. The quantitative estimate of drug-likeness (QED) is 0.919. The monoisotopic (exact) mass is 290 g/mol. The van der Waals surface area contributed by atoms with E-state index in [0.29, 0.717) is 0 Å². The molecule has 0 saturated heterocycles. The number of nitrogens with one attached hydrogen (secondary N) is 1. The predicted octanol–water partition coefficient (Wildman–Crippen LogP) is 3.01. The molecule has 1 amide bonds. The lowest BCUT2D eigenvalue weighted by atomic mass is 10.3. The van der Waals surface area contributed by atoms with E-state index in [4.69, 9.17) is 0 Å². The number of nitrogens with zero attached hydrogens (tertiary/aromatic N) is 3. The summed E-state index contributed by atoms with van der Waals surface area (Å²) in [6, 6.07) is 5.83. The van der Waals surface area contributed by atoms with E-state index in [1.165, 1.54) is 18.3 Å². The largest absolute Gasteiger partial charge is 0.357 e. The van der Waals surface area contributed by atoms with Gasteiger partial charge in [0.25, 0.3) is 0 Å². The molecule has 106 valence electrons. The first kappa shape index (κ1) is 14.5. The Morgan fingerprint density at radius 3 is 2.70 bits per heavy atom. The van der Waals surface area contributed by atoms with Crippen LogP contribution in [-0.4, -0.2) is 29.0 Å². The van der Waals surface area contributed by atoms with E-state index in [9.17, 15) is 4.79 Å². The van der Waals surface area contributed by atoms with Gasteiger partial charge in [-0.15, -0.1) is 11.3 Å². The maximum Gasteiger partial charge on any atom is 0.221 e. The number of hydrogen-bond acceptors (Lipinski definition) is 5. The van der Waals surface area contributed by atoms with Crippen molar-refractivity contribution >= 4 is 28.1 Å². The van der Waals surface area contributed by atoms with Gasteiger partial charge in [-0.2, -0.15) is 0 Å². The van der Waals surface area contributed by atoms with E-state index < -0.39 is 0 Å². The van der Waals surface area contributed by atoms with Crippen molar-refractivity contribution in [2.75, 3.05) is 23.3 Å². The summed E-state index contributed by atoms with van der Waals surface area (Å²) < 4.78 is 0. The molecule has 0 atom stereocenters. The minimum Gasteiger partial charge on any atom is -0.357 e. The zero-order chi connectivity index (χ0) is 14.5. The number of aromatic nitrogens is 2. The first-order valence-electron chi connectivity index (χ1n) is 6.58. The minimum atomic E-state index is -0.0649. The summed E-state index contributed by atoms with van der Waals surface area (Å²) in [5.74, 6) is 0.861. The number of hydrogen-bond donors (Lipinski definition) is 1. The molecule has 0 aliphatic rings. The Morgan fingerprint density at radius 1 is 1.30 bits per heavy atom. The molecule has 0 unspecified atom stereocenters. The highest BCUT2D eigenvalue weighted by molar-refractivity contribution is 7.19. The molecule has 0 aliphatic heterocycles.